The molecule has 2 N–H and O–H groups in total. The normalized spacial score (nSPS) is 16.0. The van der Waals surface area contributed by atoms with Crippen molar-refractivity contribution in [3.05, 3.63) is 42.4 Å². The van der Waals surface area contributed by atoms with Crippen molar-refractivity contribution in [2.75, 3.05) is 53.0 Å². The van der Waals surface area contributed by atoms with Gasteiger partial charge < -0.3 is 19.9 Å². The number of halogens is 1. The van der Waals surface area contributed by atoms with Crippen LogP contribution in [0, 0.1) is 5.92 Å². The molecule has 1 aromatic heterocycles. The van der Waals surface area contributed by atoms with Crippen molar-refractivity contribution in [1.82, 2.24) is 25.1 Å². The molecule has 1 aliphatic rings. The molecule has 1 atom stereocenters. The first-order chi connectivity index (χ1) is 14.2. The highest BCUT2D eigenvalue weighted by molar-refractivity contribution is 14.0. The van der Waals surface area contributed by atoms with E-state index in [1.165, 1.54) is 0 Å². The predicted molar refractivity (Wildman–Crippen MR) is 133 cm³/mol. The Labute approximate surface area is 197 Å². The molecule has 0 amide bonds. The van der Waals surface area contributed by atoms with E-state index in [0.29, 0.717) is 12.5 Å². The van der Waals surface area contributed by atoms with Gasteiger partial charge in [-0.2, -0.15) is 0 Å². The summed E-state index contributed by atoms with van der Waals surface area (Å²) in [6, 6.07) is 10.3. The van der Waals surface area contributed by atoms with Gasteiger partial charge in [0.1, 0.15) is 5.82 Å². The van der Waals surface area contributed by atoms with Crippen molar-refractivity contribution in [1.29, 1.82) is 0 Å². The molecule has 0 radical (unpaired) electrons. The zero-order chi connectivity index (χ0) is 20.5. The lowest BCUT2D eigenvalue weighted by Crippen LogP contribution is -2.41. The molecule has 0 spiro atoms. The molecular formula is C22H35IN6O. The van der Waals surface area contributed by atoms with Crippen LogP contribution >= 0.6 is 24.0 Å². The van der Waals surface area contributed by atoms with Gasteiger partial charge in [-0.1, -0.05) is 37.3 Å². The molecule has 0 aliphatic carbocycles. The summed E-state index contributed by atoms with van der Waals surface area (Å²) in [5, 5.41) is 3.40. The maximum absolute atomic E-state index is 5.43. The predicted octanol–water partition coefficient (Wildman–Crippen LogP) is 3.06. The van der Waals surface area contributed by atoms with Crippen LogP contribution in [0.25, 0.3) is 11.3 Å². The van der Waals surface area contributed by atoms with Gasteiger partial charge in [0.2, 0.25) is 0 Å². The van der Waals surface area contributed by atoms with Crippen LogP contribution in [0.5, 0.6) is 0 Å². The smallest absolute Gasteiger partial charge is 0.194 e. The van der Waals surface area contributed by atoms with Gasteiger partial charge in [0.05, 0.1) is 31.6 Å². The van der Waals surface area contributed by atoms with Gasteiger partial charge in [0, 0.05) is 39.8 Å². The Morgan fingerprint density at radius 1 is 1.30 bits per heavy atom. The third-order valence-corrected chi connectivity index (χ3v) is 5.02. The van der Waals surface area contributed by atoms with E-state index in [2.05, 4.69) is 58.1 Å². The van der Waals surface area contributed by atoms with Crippen LogP contribution in [0.2, 0.25) is 0 Å². The Morgan fingerprint density at radius 3 is 2.73 bits per heavy atom. The summed E-state index contributed by atoms with van der Waals surface area (Å²) < 4.78 is 5.43. The highest BCUT2D eigenvalue weighted by atomic mass is 127. The monoisotopic (exact) mass is 526 g/mol. The van der Waals surface area contributed by atoms with Gasteiger partial charge in [-0.3, -0.25) is 9.89 Å². The molecule has 1 unspecified atom stereocenters. The number of imidazole rings is 1. The van der Waals surface area contributed by atoms with Crippen LogP contribution < -0.4 is 5.32 Å². The molecular weight excluding hydrogens is 491 g/mol. The molecule has 1 aliphatic heterocycles. The SMILES string of the molecule is CCNC(=NCC(C)CN1CCOCC1)N(C)Cc1ncc(-c2ccccc2)[nH]1.I. The summed E-state index contributed by atoms with van der Waals surface area (Å²) in [7, 11) is 2.05. The summed E-state index contributed by atoms with van der Waals surface area (Å²) in [6.07, 6.45) is 1.90. The first-order valence-corrected chi connectivity index (χ1v) is 10.5. The highest BCUT2D eigenvalue weighted by Crippen LogP contribution is 2.16. The number of ether oxygens (including phenoxy) is 1. The van der Waals surface area contributed by atoms with Crippen molar-refractivity contribution >= 4 is 29.9 Å². The number of morpholine rings is 1. The third-order valence-electron chi connectivity index (χ3n) is 5.02. The molecule has 0 bridgehead atoms. The van der Waals surface area contributed by atoms with Gasteiger partial charge in [0.15, 0.2) is 5.96 Å². The van der Waals surface area contributed by atoms with Gasteiger partial charge in [-0.05, 0) is 18.4 Å². The molecule has 2 aromatic rings. The van der Waals surface area contributed by atoms with Gasteiger partial charge >= 0.3 is 0 Å². The lowest BCUT2D eigenvalue weighted by atomic mass is 10.1. The fourth-order valence-corrected chi connectivity index (χ4v) is 3.50. The van der Waals surface area contributed by atoms with Crippen molar-refractivity contribution in [3.63, 3.8) is 0 Å². The Bertz CT molecular complexity index is 760. The molecule has 1 fully saturated rings. The topological polar surface area (TPSA) is 68.8 Å². The number of hydrogen-bond donors (Lipinski definition) is 2. The molecule has 1 saturated heterocycles. The van der Waals surface area contributed by atoms with Crippen molar-refractivity contribution in [2.45, 2.75) is 20.4 Å². The lowest BCUT2D eigenvalue weighted by Gasteiger charge is -2.29. The summed E-state index contributed by atoms with van der Waals surface area (Å²) >= 11 is 0. The number of aromatic amines is 1. The van der Waals surface area contributed by atoms with E-state index in [4.69, 9.17) is 9.73 Å². The third kappa shape index (κ3) is 7.55. The number of aliphatic imine (C=N–C) groups is 1. The first-order valence-electron chi connectivity index (χ1n) is 10.5. The molecule has 7 nitrogen and oxygen atoms in total. The number of benzene rings is 1. The molecule has 1 aromatic carbocycles. The average molecular weight is 526 g/mol. The van der Waals surface area contributed by atoms with Crippen molar-refractivity contribution < 1.29 is 4.74 Å². The lowest BCUT2D eigenvalue weighted by molar-refractivity contribution is 0.0323. The van der Waals surface area contributed by atoms with E-state index in [9.17, 15) is 0 Å². The Hall–Kier alpha value is -1.65. The minimum atomic E-state index is 0. The van der Waals surface area contributed by atoms with Crippen LogP contribution in [0.3, 0.4) is 0 Å². The van der Waals surface area contributed by atoms with Crippen LogP contribution in [0.1, 0.15) is 19.7 Å². The zero-order valence-electron chi connectivity index (χ0n) is 18.3. The molecule has 0 saturated carbocycles. The van der Waals surface area contributed by atoms with E-state index in [1.807, 2.05) is 24.4 Å². The van der Waals surface area contributed by atoms with E-state index in [0.717, 1.165) is 69.0 Å². The minimum absolute atomic E-state index is 0. The van der Waals surface area contributed by atoms with E-state index >= 15 is 0 Å². The van der Waals surface area contributed by atoms with Crippen molar-refractivity contribution in [2.24, 2.45) is 10.9 Å². The number of nitrogens with one attached hydrogen (secondary N) is 2. The van der Waals surface area contributed by atoms with Crippen LogP contribution in [-0.4, -0.2) is 78.7 Å². The van der Waals surface area contributed by atoms with E-state index in [1.54, 1.807) is 0 Å². The summed E-state index contributed by atoms with van der Waals surface area (Å²) in [5.74, 6) is 2.35. The van der Waals surface area contributed by atoms with Crippen LogP contribution in [-0.2, 0) is 11.3 Å². The highest BCUT2D eigenvalue weighted by Gasteiger charge is 2.15. The molecule has 2 heterocycles. The van der Waals surface area contributed by atoms with Crippen molar-refractivity contribution in [3.8, 4) is 11.3 Å². The average Bonchev–Trinajstić information content (AvgIpc) is 3.21. The van der Waals surface area contributed by atoms with Crippen LogP contribution in [0.4, 0.5) is 0 Å². The molecule has 30 heavy (non-hydrogen) atoms. The minimum Gasteiger partial charge on any atom is -0.379 e. The second-order valence-electron chi connectivity index (χ2n) is 7.68. The van der Waals surface area contributed by atoms with Gasteiger partial charge in [-0.25, -0.2) is 4.98 Å². The maximum Gasteiger partial charge on any atom is 0.194 e. The summed E-state index contributed by atoms with van der Waals surface area (Å²) in [4.78, 5) is 17.4. The first kappa shape index (κ1) is 24.6. The number of H-pyrrole nitrogens is 1. The molecule has 3 rings (SSSR count). The Morgan fingerprint density at radius 2 is 2.03 bits per heavy atom. The Balaban J connectivity index is 0.00000320. The van der Waals surface area contributed by atoms with E-state index in [-0.39, 0.29) is 24.0 Å². The zero-order valence-corrected chi connectivity index (χ0v) is 20.6. The summed E-state index contributed by atoms with van der Waals surface area (Å²) in [6.45, 7) is 11.5. The second-order valence-corrected chi connectivity index (χ2v) is 7.68. The quantitative estimate of drug-likeness (QED) is 0.315. The Kier molecular flexibility index (Phi) is 10.6. The second kappa shape index (κ2) is 12.9. The fraction of sp³-hybridized carbons (Fsp3) is 0.545. The molecule has 8 heteroatoms. The number of rotatable bonds is 8. The van der Waals surface area contributed by atoms with Gasteiger partial charge in [0.25, 0.3) is 0 Å². The largest absolute Gasteiger partial charge is 0.379 e. The maximum atomic E-state index is 5.43. The van der Waals surface area contributed by atoms with E-state index < -0.39 is 0 Å². The number of aromatic nitrogens is 2. The number of hydrogen-bond acceptors (Lipinski definition) is 4. The summed E-state index contributed by atoms with van der Waals surface area (Å²) in [5.41, 5.74) is 2.18. The number of nitrogens with zero attached hydrogens (tertiary/aromatic N) is 4. The van der Waals surface area contributed by atoms with Crippen LogP contribution in [0.15, 0.2) is 41.5 Å². The standard InChI is InChI=1S/C22H34N6O.HI/c1-4-23-22(25-14-18(2)16-28-10-12-29-13-11-28)27(3)17-21-24-15-20(26-21)19-8-6-5-7-9-19;/h5-9,15,18H,4,10-14,16-17H2,1-3H3,(H,23,25)(H,24,26);1H. The fourth-order valence-electron chi connectivity index (χ4n) is 3.50. The van der Waals surface area contributed by atoms with Gasteiger partial charge in [-0.15, -0.1) is 24.0 Å². The number of guanidine groups is 1. The molecule has 166 valence electrons.